The fourth-order valence-corrected chi connectivity index (χ4v) is 15.9. The molecule has 13 aromatic carbocycles. The number of thiophene rings is 2. The summed E-state index contributed by atoms with van der Waals surface area (Å²) in [4.78, 5) is 15.3. The smallest absolute Gasteiger partial charge is 0.164 e. The highest BCUT2D eigenvalue weighted by Crippen LogP contribution is 2.48. The molecule has 0 aliphatic rings. The number of hydrogen-bond donors (Lipinski definition) is 0. The highest BCUT2D eigenvalue weighted by atomic mass is 32.1. The summed E-state index contributed by atoms with van der Waals surface area (Å²) in [5.41, 5.74) is 16.1. The number of aromatic nitrogens is 6. The van der Waals surface area contributed by atoms with Gasteiger partial charge in [0.25, 0.3) is 0 Å². The van der Waals surface area contributed by atoms with Crippen molar-refractivity contribution in [2.24, 2.45) is 0 Å². The van der Waals surface area contributed by atoms with Crippen LogP contribution in [-0.2, 0) is 0 Å². The molecule has 0 unspecified atom stereocenters. The van der Waals surface area contributed by atoms with Crippen LogP contribution < -0.4 is 0 Å². The summed E-state index contributed by atoms with van der Waals surface area (Å²) in [6, 6.07) is 108. The molecule has 0 N–H and O–H groups in total. The first-order valence-corrected chi connectivity index (χ1v) is 31.6. The van der Waals surface area contributed by atoms with E-state index in [0.717, 1.165) is 33.3 Å². The van der Waals surface area contributed by atoms with Gasteiger partial charge in [0.1, 0.15) is 0 Å². The number of rotatable bonds is 7. The molecule has 0 aliphatic heterocycles. The predicted octanol–water partition coefficient (Wildman–Crippen LogP) is 22.3. The van der Waals surface area contributed by atoms with Gasteiger partial charge in [0.2, 0.25) is 0 Å². The Morgan fingerprint density at radius 2 is 0.629 bits per heavy atom. The number of hydrogen-bond acceptors (Lipinski definition) is 5. The SMILES string of the molecule is c1ccc(-c2nc(-c3ccccc3)nc(-c3cc4sc5ccccc5c4c4c3c3ccccc3n4-c3ccccc3)n2)cc1.c1ccc(-n2c3ccccc3c3cc(-c4ccc5c(c4)c4ccc6sc7ccccc7c6c4n5-c4ccccc4)ccc32)cc1. The Bertz CT molecular complexity index is 5910. The minimum absolute atomic E-state index is 0.658. The summed E-state index contributed by atoms with van der Waals surface area (Å²) >= 11 is 3.69. The molecule has 0 fully saturated rings. The van der Waals surface area contributed by atoms with Crippen LogP contribution in [0.25, 0.3) is 168 Å². The molecule has 0 bridgehead atoms. The Labute approximate surface area is 519 Å². The quantitative estimate of drug-likeness (QED) is 0.160. The van der Waals surface area contributed by atoms with Crippen molar-refractivity contribution in [1.29, 1.82) is 0 Å². The Balaban J connectivity index is 0.000000133. The molecule has 0 saturated carbocycles. The second-order valence-electron chi connectivity index (χ2n) is 22.6. The van der Waals surface area contributed by atoms with Crippen molar-refractivity contribution < 1.29 is 0 Å². The monoisotopic (exact) mass is 1170 g/mol. The highest BCUT2D eigenvalue weighted by molar-refractivity contribution is 7.26. The van der Waals surface area contributed by atoms with Crippen molar-refractivity contribution in [3.63, 3.8) is 0 Å². The largest absolute Gasteiger partial charge is 0.309 e. The molecule has 0 atom stereocenters. The average molecular weight is 1170 g/mol. The van der Waals surface area contributed by atoms with Gasteiger partial charge in [-0.15, -0.1) is 22.7 Å². The molecular weight excluding hydrogens is 1120 g/mol. The van der Waals surface area contributed by atoms with Crippen LogP contribution in [0.2, 0.25) is 0 Å². The van der Waals surface area contributed by atoms with Gasteiger partial charge >= 0.3 is 0 Å². The van der Waals surface area contributed by atoms with E-state index >= 15 is 0 Å². The minimum Gasteiger partial charge on any atom is -0.309 e. The third-order valence-corrected chi connectivity index (χ3v) is 19.8. The molecule has 6 nitrogen and oxygen atoms in total. The molecular formula is C81H50N6S2. The molecule has 0 amide bonds. The lowest BCUT2D eigenvalue weighted by Gasteiger charge is -2.12. The first kappa shape index (κ1) is 51.0. The Morgan fingerprint density at radius 3 is 1.20 bits per heavy atom. The standard InChI is InChI=1S/C42H26N2S.C39H24N4S/c1-3-11-29(12-4-1)43-36-17-9-7-15-31(36)34-25-27(19-22-37(34)43)28-20-23-38-35(26-28)32-21-24-40-41(33-16-8-10-18-39(33)45-40)42(32)44(38)30-13-5-2-6-14-30;1-4-14-25(15-5-1)37-40-38(26-16-6-2-7-17-26)42-39(41-37)30-24-33-35(29-21-11-13-23-32(29)44-33)36-34(30)28-20-10-12-22-31(28)43(36)27-18-8-3-9-19-27/h1-26H;1-24H. The van der Waals surface area contributed by atoms with E-state index in [4.69, 9.17) is 15.0 Å². The van der Waals surface area contributed by atoms with Gasteiger partial charge in [-0.1, -0.05) is 206 Å². The normalized spacial score (nSPS) is 11.8. The van der Waals surface area contributed by atoms with Crippen molar-refractivity contribution in [1.82, 2.24) is 28.7 Å². The van der Waals surface area contributed by atoms with Gasteiger partial charge < -0.3 is 13.7 Å². The van der Waals surface area contributed by atoms with Crippen LogP contribution in [0.4, 0.5) is 0 Å². The summed E-state index contributed by atoms with van der Waals surface area (Å²) in [6.45, 7) is 0. The van der Waals surface area contributed by atoms with Gasteiger partial charge in [-0.3, -0.25) is 0 Å². The molecule has 0 aliphatic carbocycles. The molecule has 6 heterocycles. The number of para-hydroxylation sites is 5. The summed E-state index contributed by atoms with van der Waals surface area (Å²) in [5.74, 6) is 1.98. The lowest BCUT2D eigenvalue weighted by Crippen LogP contribution is -2.00. The zero-order valence-corrected chi connectivity index (χ0v) is 49.5. The van der Waals surface area contributed by atoms with Crippen molar-refractivity contribution in [2.75, 3.05) is 0 Å². The topological polar surface area (TPSA) is 53.5 Å². The molecule has 0 saturated heterocycles. The number of benzene rings is 13. The molecule has 8 heteroatoms. The van der Waals surface area contributed by atoms with Crippen LogP contribution in [0.3, 0.4) is 0 Å². The van der Waals surface area contributed by atoms with Crippen molar-refractivity contribution in [3.05, 3.63) is 303 Å². The Hall–Kier alpha value is -11.3. The maximum absolute atomic E-state index is 5.17. The fraction of sp³-hybridized carbons (Fsp3) is 0. The summed E-state index contributed by atoms with van der Waals surface area (Å²) in [7, 11) is 0. The molecule has 19 rings (SSSR count). The maximum atomic E-state index is 5.17. The van der Waals surface area contributed by atoms with E-state index < -0.39 is 0 Å². The zero-order chi connectivity index (χ0) is 58.5. The van der Waals surface area contributed by atoms with Gasteiger partial charge in [0.05, 0.1) is 33.1 Å². The molecule has 0 radical (unpaired) electrons. The van der Waals surface area contributed by atoms with Gasteiger partial charge in [-0.05, 0) is 108 Å². The first-order valence-electron chi connectivity index (χ1n) is 30.0. The molecule has 6 aromatic heterocycles. The van der Waals surface area contributed by atoms with Gasteiger partial charge in [0.15, 0.2) is 17.5 Å². The predicted molar refractivity (Wildman–Crippen MR) is 377 cm³/mol. The molecule has 89 heavy (non-hydrogen) atoms. The Kier molecular flexibility index (Phi) is 11.9. The van der Waals surface area contributed by atoms with Gasteiger partial charge in [0, 0.05) is 106 Å². The summed E-state index contributed by atoms with van der Waals surface area (Å²) in [6.07, 6.45) is 0. The highest BCUT2D eigenvalue weighted by Gasteiger charge is 2.25. The van der Waals surface area contributed by atoms with Crippen LogP contribution in [0.1, 0.15) is 0 Å². The van der Waals surface area contributed by atoms with E-state index in [2.05, 4.69) is 281 Å². The van der Waals surface area contributed by atoms with E-state index in [1.807, 2.05) is 59.1 Å². The van der Waals surface area contributed by atoms with Crippen LogP contribution in [0, 0.1) is 0 Å². The number of fused-ring (bicyclic) bond motifs is 17. The van der Waals surface area contributed by atoms with Crippen LogP contribution in [0.5, 0.6) is 0 Å². The first-order chi connectivity index (χ1) is 44.2. The lowest BCUT2D eigenvalue weighted by molar-refractivity contribution is 1.08. The maximum Gasteiger partial charge on any atom is 0.164 e. The van der Waals surface area contributed by atoms with Gasteiger partial charge in [-0.2, -0.15) is 0 Å². The number of nitrogens with zero attached hydrogens (tertiary/aromatic N) is 6. The Morgan fingerprint density at radius 1 is 0.225 bits per heavy atom. The van der Waals surface area contributed by atoms with E-state index in [-0.39, 0.29) is 0 Å². The third kappa shape index (κ3) is 8.26. The van der Waals surface area contributed by atoms with E-state index in [1.165, 1.54) is 117 Å². The summed E-state index contributed by atoms with van der Waals surface area (Å²) < 4.78 is 12.4. The second-order valence-corrected chi connectivity index (χ2v) is 24.8. The molecule has 0 spiro atoms. The van der Waals surface area contributed by atoms with Crippen LogP contribution in [-0.4, -0.2) is 28.7 Å². The van der Waals surface area contributed by atoms with Crippen molar-refractivity contribution in [2.45, 2.75) is 0 Å². The van der Waals surface area contributed by atoms with Crippen molar-refractivity contribution >= 4 is 128 Å². The average Bonchev–Trinajstić information content (AvgIpc) is 1.60. The lowest BCUT2D eigenvalue weighted by atomic mass is 10.00. The molecule has 416 valence electrons. The van der Waals surface area contributed by atoms with Gasteiger partial charge in [-0.25, -0.2) is 15.0 Å². The second kappa shape index (κ2) is 20.7. The van der Waals surface area contributed by atoms with Crippen LogP contribution in [0.15, 0.2) is 303 Å². The summed E-state index contributed by atoms with van der Waals surface area (Å²) in [5, 5.41) is 12.6. The van der Waals surface area contributed by atoms with Crippen LogP contribution >= 0.6 is 22.7 Å². The van der Waals surface area contributed by atoms with E-state index in [0.29, 0.717) is 17.5 Å². The van der Waals surface area contributed by atoms with Crippen molar-refractivity contribution in [3.8, 4) is 62.4 Å². The zero-order valence-electron chi connectivity index (χ0n) is 47.9. The fourth-order valence-electron chi connectivity index (χ4n) is 13.7. The third-order valence-electron chi connectivity index (χ3n) is 17.5. The van der Waals surface area contributed by atoms with E-state index in [9.17, 15) is 0 Å². The minimum atomic E-state index is 0.658. The van der Waals surface area contributed by atoms with E-state index in [1.54, 1.807) is 0 Å². The molecule has 19 aromatic rings.